The van der Waals surface area contributed by atoms with E-state index >= 15 is 0 Å². The van der Waals surface area contributed by atoms with Gasteiger partial charge in [0.2, 0.25) is 5.91 Å². The van der Waals surface area contributed by atoms with E-state index in [2.05, 4.69) is 5.32 Å². The number of nitrogen functional groups attached to an aromatic ring is 1. The molecule has 0 aliphatic rings. The van der Waals surface area contributed by atoms with Crippen LogP contribution in [0.3, 0.4) is 0 Å². The molecule has 0 fully saturated rings. The van der Waals surface area contributed by atoms with Crippen LogP contribution in [0.2, 0.25) is 0 Å². The molecular formula is C10H15N3O2S. The van der Waals surface area contributed by atoms with Crippen LogP contribution < -0.4 is 16.6 Å². The van der Waals surface area contributed by atoms with Gasteiger partial charge in [0, 0.05) is 30.2 Å². The third kappa shape index (κ3) is 3.98. The highest BCUT2D eigenvalue weighted by atomic mass is 32.2. The van der Waals surface area contributed by atoms with Crippen molar-refractivity contribution in [3.8, 4) is 0 Å². The number of carbonyl (C=O) groups is 1. The molecule has 1 aromatic rings. The van der Waals surface area contributed by atoms with E-state index in [9.17, 15) is 9.59 Å². The van der Waals surface area contributed by atoms with Crippen LogP contribution in [-0.2, 0) is 11.3 Å². The van der Waals surface area contributed by atoms with Crippen molar-refractivity contribution in [3.05, 3.63) is 28.7 Å². The van der Waals surface area contributed by atoms with Crippen molar-refractivity contribution in [2.24, 2.45) is 0 Å². The van der Waals surface area contributed by atoms with Gasteiger partial charge >= 0.3 is 0 Å². The highest BCUT2D eigenvalue weighted by Crippen LogP contribution is 1.95. The highest BCUT2D eigenvalue weighted by Gasteiger charge is 2.03. The summed E-state index contributed by atoms with van der Waals surface area (Å²) in [6.07, 6.45) is 3.44. The molecule has 0 saturated heterocycles. The van der Waals surface area contributed by atoms with Crippen LogP contribution >= 0.6 is 11.8 Å². The maximum atomic E-state index is 11.4. The van der Waals surface area contributed by atoms with E-state index in [1.165, 1.54) is 22.9 Å². The Morgan fingerprint density at radius 2 is 2.31 bits per heavy atom. The Kier molecular flexibility index (Phi) is 4.91. The largest absolute Gasteiger partial charge is 0.398 e. The lowest BCUT2D eigenvalue weighted by atomic mass is 10.4. The Balaban J connectivity index is 2.56. The predicted molar refractivity (Wildman–Crippen MR) is 66.5 cm³/mol. The molecule has 1 amide bonds. The molecule has 0 aliphatic heterocycles. The molecule has 0 aromatic carbocycles. The zero-order valence-corrected chi connectivity index (χ0v) is 9.92. The minimum atomic E-state index is -0.228. The molecular weight excluding hydrogens is 226 g/mol. The Labute approximate surface area is 98.0 Å². The topological polar surface area (TPSA) is 77.1 Å². The molecule has 6 heteroatoms. The fourth-order valence-electron chi connectivity index (χ4n) is 1.18. The average molecular weight is 241 g/mol. The first-order valence-electron chi connectivity index (χ1n) is 4.85. The van der Waals surface area contributed by atoms with Crippen LogP contribution in [-0.4, -0.2) is 29.0 Å². The number of anilines is 1. The standard InChI is InChI=1S/C10H15N3O2S/c1-16-5-4-12-9(14)7-13-6-8(11)2-3-10(13)15/h2-3,6H,4-5,7,11H2,1H3,(H,12,14). The van der Waals surface area contributed by atoms with Crippen molar-refractivity contribution in [3.63, 3.8) is 0 Å². The molecule has 1 heterocycles. The number of hydrogen-bond donors (Lipinski definition) is 2. The zero-order chi connectivity index (χ0) is 12.0. The monoisotopic (exact) mass is 241 g/mol. The van der Waals surface area contributed by atoms with Crippen LogP contribution in [0.4, 0.5) is 5.69 Å². The van der Waals surface area contributed by atoms with Crippen molar-refractivity contribution in [1.29, 1.82) is 0 Å². The van der Waals surface area contributed by atoms with Gasteiger partial charge in [-0.1, -0.05) is 0 Å². The van der Waals surface area contributed by atoms with Gasteiger partial charge in [-0.25, -0.2) is 0 Å². The number of thioether (sulfide) groups is 1. The molecule has 0 aliphatic carbocycles. The summed E-state index contributed by atoms with van der Waals surface area (Å²) in [6.45, 7) is 0.620. The van der Waals surface area contributed by atoms with Crippen LogP contribution in [0, 0.1) is 0 Å². The number of nitrogens with one attached hydrogen (secondary N) is 1. The van der Waals surface area contributed by atoms with Crippen molar-refractivity contribution in [1.82, 2.24) is 9.88 Å². The Morgan fingerprint density at radius 3 is 3.00 bits per heavy atom. The summed E-state index contributed by atoms with van der Waals surface area (Å²) in [5.74, 6) is 0.680. The molecule has 88 valence electrons. The van der Waals surface area contributed by atoms with Gasteiger partial charge in [0.15, 0.2) is 0 Å². The SMILES string of the molecule is CSCCNC(=O)Cn1cc(N)ccc1=O. The molecule has 1 aromatic heterocycles. The Bertz CT molecular complexity index is 417. The summed E-state index contributed by atoms with van der Waals surface area (Å²) in [4.78, 5) is 22.8. The van der Waals surface area contributed by atoms with Crippen LogP contribution in [0.1, 0.15) is 0 Å². The minimum Gasteiger partial charge on any atom is -0.398 e. The van der Waals surface area contributed by atoms with Gasteiger partial charge < -0.3 is 15.6 Å². The van der Waals surface area contributed by atoms with E-state index in [0.717, 1.165) is 5.75 Å². The number of aromatic nitrogens is 1. The number of pyridine rings is 1. The van der Waals surface area contributed by atoms with Crippen molar-refractivity contribution in [2.45, 2.75) is 6.54 Å². The first-order valence-corrected chi connectivity index (χ1v) is 6.24. The van der Waals surface area contributed by atoms with E-state index in [4.69, 9.17) is 5.73 Å². The van der Waals surface area contributed by atoms with Gasteiger partial charge in [0.25, 0.3) is 5.56 Å². The fraction of sp³-hybridized carbons (Fsp3) is 0.400. The second kappa shape index (κ2) is 6.22. The molecule has 0 spiro atoms. The van der Waals surface area contributed by atoms with Crippen LogP contribution in [0.15, 0.2) is 23.1 Å². The summed E-state index contributed by atoms with van der Waals surface area (Å²) in [7, 11) is 0. The molecule has 3 N–H and O–H groups in total. The quantitative estimate of drug-likeness (QED) is 0.706. The molecule has 1 rings (SSSR count). The summed E-state index contributed by atoms with van der Waals surface area (Å²) >= 11 is 1.65. The van der Waals surface area contributed by atoms with Gasteiger partial charge in [-0.05, 0) is 12.3 Å². The maximum absolute atomic E-state index is 11.4. The maximum Gasteiger partial charge on any atom is 0.251 e. The molecule has 16 heavy (non-hydrogen) atoms. The first-order chi connectivity index (χ1) is 7.63. The Morgan fingerprint density at radius 1 is 1.56 bits per heavy atom. The number of carbonyl (C=O) groups excluding carboxylic acids is 1. The number of rotatable bonds is 5. The highest BCUT2D eigenvalue weighted by molar-refractivity contribution is 7.98. The molecule has 0 unspecified atom stereocenters. The van der Waals surface area contributed by atoms with Crippen molar-refractivity contribution in [2.75, 3.05) is 24.3 Å². The molecule has 0 saturated carbocycles. The van der Waals surface area contributed by atoms with Crippen molar-refractivity contribution < 1.29 is 4.79 Å². The van der Waals surface area contributed by atoms with E-state index in [1.807, 2.05) is 6.26 Å². The number of amides is 1. The lowest BCUT2D eigenvalue weighted by Crippen LogP contribution is -2.33. The normalized spacial score (nSPS) is 10.1. The van der Waals surface area contributed by atoms with E-state index in [1.54, 1.807) is 11.8 Å². The summed E-state index contributed by atoms with van der Waals surface area (Å²) in [5, 5.41) is 2.72. The number of nitrogens with zero attached hydrogens (tertiary/aromatic N) is 1. The van der Waals surface area contributed by atoms with Crippen LogP contribution in [0.5, 0.6) is 0 Å². The summed E-state index contributed by atoms with van der Waals surface area (Å²) < 4.78 is 1.30. The molecule has 5 nitrogen and oxygen atoms in total. The van der Waals surface area contributed by atoms with Crippen molar-refractivity contribution >= 4 is 23.4 Å². The predicted octanol–water partition coefficient (Wildman–Crippen LogP) is -0.0903. The number of nitrogens with two attached hydrogens (primary N) is 1. The van der Waals surface area contributed by atoms with Gasteiger partial charge in [-0.2, -0.15) is 11.8 Å². The van der Waals surface area contributed by atoms with E-state index < -0.39 is 0 Å². The molecule has 0 bridgehead atoms. The molecule has 0 radical (unpaired) electrons. The zero-order valence-electron chi connectivity index (χ0n) is 9.10. The third-order valence-corrected chi connectivity index (χ3v) is 2.56. The molecule has 0 atom stereocenters. The fourth-order valence-corrected chi connectivity index (χ4v) is 1.48. The van der Waals surface area contributed by atoms with Gasteiger partial charge in [0.05, 0.1) is 0 Å². The average Bonchev–Trinajstić information content (AvgIpc) is 2.24. The van der Waals surface area contributed by atoms with Crippen LogP contribution in [0.25, 0.3) is 0 Å². The lowest BCUT2D eigenvalue weighted by molar-refractivity contribution is -0.121. The third-order valence-electron chi connectivity index (χ3n) is 1.95. The first kappa shape index (κ1) is 12.6. The van der Waals surface area contributed by atoms with Gasteiger partial charge in [-0.15, -0.1) is 0 Å². The minimum absolute atomic E-state index is 0.0122. The number of hydrogen-bond acceptors (Lipinski definition) is 4. The van der Waals surface area contributed by atoms with Gasteiger partial charge in [-0.3, -0.25) is 9.59 Å². The Hall–Kier alpha value is -1.43. The lowest BCUT2D eigenvalue weighted by Gasteiger charge is -2.07. The smallest absolute Gasteiger partial charge is 0.251 e. The second-order valence-corrected chi connectivity index (χ2v) is 4.26. The van der Waals surface area contributed by atoms with Gasteiger partial charge in [0.1, 0.15) is 6.54 Å². The van der Waals surface area contributed by atoms with E-state index in [0.29, 0.717) is 12.2 Å². The second-order valence-electron chi connectivity index (χ2n) is 3.27. The van der Waals surface area contributed by atoms with E-state index in [-0.39, 0.29) is 18.0 Å². The summed E-state index contributed by atoms with van der Waals surface area (Å²) in [6, 6.07) is 2.87. The summed E-state index contributed by atoms with van der Waals surface area (Å²) in [5.41, 5.74) is 5.77.